The van der Waals surface area contributed by atoms with Gasteiger partial charge in [-0.1, -0.05) is 25.5 Å². The summed E-state index contributed by atoms with van der Waals surface area (Å²) in [5.74, 6) is 0.514. The number of ketones is 1. The van der Waals surface area contributed by atoms with E-state index in [0.717, 1.165) is 11.3 Å². The molecule has 0 saturated heterocycles. The fraction of sp³-hybridized carbons (Fsp3) is 0.222. The van der Waals surface area contributed by atoms with Crippen LogP contribution in [0.5, 0.6) is 5.75 Å². The van der Waals surface area contributed by atoms with E-state index in [1.807, 2.05) is 6.92 Å². The lowest BCUT2D eigenvalue weighted by molar-refractivity contribution is 0.0954. The fourth-order valence-corrected chi connectivity index (χ4v) is 1.60. The van der Waals surface area contributed by atoms with E-state index >= 15 is 0 Å². The molecule has 0 radical (unpaired) electrons. The Bertz CT molecular complexity index is 608. The van der Waals surface area contributed by atoms with Crippen molar-refractivity contribution in [2.75, 3.05) is 20.3 Å². The number of ether oxygens (including phenoxy) is 2. The number of benzene rings is 1. The van der Waals surface area contributed by atoms with Crippen LogP contribution in [0.4, 0.5) is 0 Å². The van der Waals surface area contributed by atoms with Crippen molar-refractivity contribution in [2.45, 2.75) is 6.92 Å². The van der Waals surface area contributed by atoms with Crippen LogP contribution in [0.2, 0.25) is 0 Å². The van der Waals surface area contributed by atoms with Gasteiger partial charge in [0.05, 0.1) is 7.11 Å². The smallest absolute Gasteiger partial charge is 0.235 e. The summed E-state index contributed by atoms with van der Waals surface area (Å²) >= 11 is 0. The highest BCUT2D eigenvalue weighted by atomic mass is 16.5. The molecule has 4 nitrogen and oxygen atoms in total. The van der Waals surface area contributed by atoms with E-state index in [1.54, 1.807) is 24.3 Å². The molecule has 0 amide bonds. The van der Waals surface area contributed by atoms with E-state index in [-0.39, 0.29) is 11.5 Å². The van der Waals surface area contributed by atoms with Crippen LogP contribution in [0.25, 0.3) is 0 Å². The standard InChI is InChI=1S/C18H21NO3/c1-6-17(21-5)18(20)15-7-9-16(10-8-15)22-12-11-19-14(4)13(2)3/h7-10,19H,1-2,4,11-12H2,3,5H3. The molecule has 1 N–H and O–H groups in total. The van der Waals surface area contributed by atoms with Crippen LogP contribution in [0.3, 0.4) is 0 Å². The Morgan fingerprint density at radius 2 is 1.91 bits per heavy atom. The highest BCUT2D eigenvalue weighted by Crippen LogP contribution is 2.15. The molecular weight excluding hydrogens is 278 g/mol. The number of hydrogen-bond acceptors (Lipinski definition) is 4. The maximum atomic E-state index is 12.0. The fourth-order valence-electron chi connectivity index (χ4n) is 1.60. The topological polar surface area (TPSA) is 47.6 Å². The van der Waals surface area contributed by atoms with Gasteiger partial charge in [0, 0.05) is 17.8 Å². The van der Waals surface area contributed by atoms with E-state index in [0.29, 0.717) is 24.5 Å². The Balaban J connectivity index is 2.52. The summed E-state index contributed by atoms with van der Waals surface area (Å²) in [5.41, 5.74) is 4.66. The Morgan fingerprint density at radius 3 is 2.41 bits per heavy atom. The zero-order chi connectivity index (χ0) is 16.5. The number of methoxy groups -OCH3 is 1. The van der Waals surface area contributed by atoms with Crippen molar-refractivity contribution in [2.24, 2.45) is 0 Å². The van der Waals surface area contributed by atoms with Crippen molar-refractivity contribution in [1.29, 1.82) is 0 Å². The molecule has 0 aliphatic rings. The summed E-state index contributed by atoms with van der Waals surface area (Å²) in [4.78, 5) is 12.0. The maximum absolute atomic E-state index is 12.0. The zero-order valence-corrected chi connectivity index (χ0v) is 13.1. The molecule has 4 heteroatoms. The Kier molecular flexibility index (Phi) is 6.74. The van der Waals surface area contributed by atoms with E-state index < -0.39 is 0 Å². The summed E-state index contributed by atoms with van der Waals surface area (Å²) in [7, 11) is 1.41. The summed E-state index contributed by atoms with van der Waals surface area (Å²) in [6.07, 6.45) is 0. The molecule has 1 rings (SSSR count). The predicted molar refractivity (Wildman–Crippen MR) is 87.9 cm³/mol. The SMILES string of the molecule is C=C=C(OC)C(=O)c1ccc(OCCNC(=C)C(=C)C)cc1. The summed E-state index contributed by atoms with van der Waals surface area (Å²) in [6.45, 7) is 14.0. The van der Waals surface area contributed by atoms with Gasteiger partial charge in [0.25, 0.3) is 0 Å². The first kappa shape index (κ1) is 17.3. The van der Waals surface area contributed by atoms with Crippen LogP contribution in [0.15, 0.2) is 66.8 Å². The summed E-state index contributed by atoms with van der Waals surface area (Å²) in [6, 6.07) is 6.82. The number of allylic oxidation sites excluding steroid dienone is 2. The highest BCUT2D eigenvalue weighted by molar-refractivity contribution is 6.07. The van der Waals surface area contributed by atoms with Crippen molar-refractivity contribution < 1.29 is 14.3 Å². The number of carbonyl (C=O) groups excluding carboxylic acids is 1. The molecule has 1 aromatic carbocycles. The number of nitrogens with one attached hydrogen (secondary N) is 1. The van der Waals surface area contributed by atoms with Gasteiger partial charge in [0.2, 0.25) is 11.5 Å². The minimum Gasteiger partial charge on any atom is -0.492 e. The first-order chi connectivity index (χ1) is 10.5. The van der Waals surface area contributed by atoms with Crippen molar-refractivity contribution >= 4 is 5.78 Å². The molecule has 0 bridgehead atoms. The third-order valence-electron chi connectivity index (χ3n) is 2.91. The molecule has 116 valence electrons. The van der Waals surface area contributed by atoms with Crippen LogP contribution in [0.1, 0.15) is 17.3 Å². The monoisotopic (exact) mass is 299 g/mol. The minimum atomic E-state index is -0.261. The van der Waals surface area contributed by atoms with Crippen LogP contribution in [0, 0.1) is 0 Å². The van der Waals surface area contributed by atoms with Crippen LogP contribution in [-0.2, 0) is 4.74 Å². The highest BCUT2D eigenvalue weighted by Gasteiger charge is 2.11. The van der Waals surface area contributed by atoms with Crippen molar-refractivity contribution in [3.05, 3.63) is 72.3 Å². The summed E-state index contributed by atoms with van der Waals surface area (Å²) < 4.78 is 10.5. The molecule has 0 saturated carbocycles. The van der Waals surface area contributed by atoms with E-state index in [1.165, 1.54) is 7.11 Å². The first-order valence-electron chi connectivity index (χ1n) is 6.79. The number of Topliss-reactive ketones (excluding diaryl/α,β-unsaturated/α-hetero) is 1. The van der Waals surface area contributed by atoms with Gasteiger partial charge in [-0.2, -0.15) is 0 Å². The maximum Gasteiger partial charge on any atom is 0.235 e. The van der Waals surface area contributed by atoms with Crippen molar-refractivity contribution in [1.82, 2.24) is 5.32 Å². The lowest BCUT2D eigenvalue weighted by Gasteiger charge is -2.10. The van der Waals surface area contributed by atoms with Crippen LogP contribution >= 0.6 is 0 Å². The number of carbonyl (C=O) groups is 1. The first-order valence-corrected chi connectivity index (χ1v) is 6.79. The normalized spacial score (nSPS) is 9.36. The summed E-state index contributed by atoms with van der Waals surface area (Å²) in [5, 5.41) is 3.10. The van der Waals surface area contributed by atoms with Gasteiger partial charge in [0.15, 0.2) is 0 Å². The molecule has 0 aliphatic heterocycles. The average Bonchev–Trinajstić information content (AvgIpc) is 2.52. The van der Waals surface area contributed by atoms with Crippen molar-refractivity contribution in [3.63, 3.8) is 0 Å². The van der Waals surface area contributed by atoms with E-state index in [4.69, 9.17) is 9.47 Å². The zero-order valence-electron chi connectivity index (χ0n) is 13.1. The molecule has 0 heterocycles. The van der Waals surface area contributed by atoms with Gasteiger partial charge in [-0.05, 0) is 36.8 Å². The lowest BCUT2D eigenvalue weighted by atomic mass is 10.1. The molecule has 0 spiro atoms. The Hall–Kier alpha value is -2.71. The Labute approximate surface area is 131 Å². The van der Waals surface area contributed by atoms with Gasteiger partial charge in [-0.25, -0.2) is 0 Å². The Morgan fingerprint density at radius 1 is 1.27 bits per heavy atom. The molecule has 1 aromatic rings. The quantitative estimate of drug-likeness (QED) is 0.190. The molecule has 0 aromatic heterocycles. The average molecular weight is 299 g/mol. The van der Waals surface area contributed by atoms with Crippen LogP contribution in [-0.4, -0.2) is 26.0 Å². The predicted octanol–water partition coefficient (Wildman–Crippen LogP) is 3.24. The van der Waals surface area contributed by atoms with Gasteiger partial charge in [0.1, 0.15) is 12.4 Å². The van der Waals surface area contributed by atoms with Gasteiger partial charge >= 0.3 is 0 Å². The second-order valence-corrected chi connectivity index (χ2v) is 4.60. The van der Waals surface area contributed by atoms with Gasteiger partial charge in [-0.15, -0.1) is 0 Å². The second kappa shape index (κ2) is 8.55. The molecule has 0 aliphatic carbocycles. The molecule has 0 fully saturated rings. The number of rotatable bonds is 9. The molecular formula is C18H21NO3. The van der Waals surface area contributed by atoms with Crippen LogP contribution < -0.4 is 10.1 Å². The van der Waals surface area contributed by atoms with E-state index in [2.05, 4.69) is 30.8 Å². The lowest BCUT2D eigenvalue weighted by Crippen LogP contribution is -2.20. The number of hydrogen-bond donors (Lipinski definition) is 1. The van der Waals surface area contributed by atoms with Gasteiger partial charge < -0.3 is 14.8 Å². The molecule has 0 atom stereocenters. The molecule has 0 unspecified atom stereocenters. The largest absolute Gasteiger partial charge is 0.492 e. The molecule has 22 heavy (non-hydrogen) atoms. The third kappa shape index (κ3) is 5.00. The van der Waals surface area contributed by atoms with Crippen molar-refractivity contribution in [3.8, 4) is 5.75 Å². The minimum absolute atomic E-state index is 0.0937. The second-order valence-electron chi connectivity index (χ2n) is 4.60. The third-order valence-corrected chi connectivity index (χ3v) is 2.91. The van der Waals surface area contributed by atoms with Gasteiger partial charge in [-0.3, -0.25) is 4.79 Å². The van der Waals surface area contributed by atoms with E-state index in [9.17, 15) is 4.79 Å².